The van der Waals surface area contributed by atoms with Crippen LogP contribution in [0.1, 0.15) is 44.1 Å². The molecule has 5 heteroatoms. The predicted molar refractivity (Wildman–Crippen MR) is 96.4 cm³/mol. The molecule has 2 fully saturated rings. The first-order chi connectivity index (χ1) is 11.6. The Morgan fingerprint density at radius 1 is 1.25 bits per heavy atom. The lowest BCUT2D eigenvalue weighted by Gasteiger charge is -2.36. The van der Waals surface area contributed by atoms with Gasteiger partial charge < -0.3 is 20.6 Å². The predicted octanol–water partition coefficient (Wildman–Crippen LogP) is 2.57. The van der Waals surface area contributed by atoms with Gasteiger partial charge >= 0.3 is 6.03 Å². The minimum Gasteiger partial charge on any atom is -0.394 e. The number of aliphatic hydroxyl groups excluding tert-OH is 1. The quantitative estimate of drug-likeness (QED) is 0.794. The van der Waals surface area contributed by atoms with Crippen LogP contribution in [0.4, 0.5) is 10.5 Å². The molecule has 0 aromatic heterocycles. The summed E-state index contributed by atoms with van der Waals surface area (Å²) in [5.41, 5.74) is 2.07. The van der Waals surface area contributed by atoms with E-state index in [1.54, 1.807) is 0 Å². The highest BCUT2D eigenvalue weighted by Gasteiger charge is 2.35. The van der Waals surface area contributed by atoms with Crippen molar-refractivity contribution < 1.29 is 9.90 Å². The third-order valence-electron chi connectivity index (χ3n) is 5.40. The Hall–Kier alpha value is -1.75. The van der Waals surface area contributed by atoms with Crippen LogP contribution in [0.5, 0.6) is 0 Å². The highest BCUT2D eigenvalue weighted by Crippen LogP contribution is 2.29. The minimum atomic E-state index is -0.407. The zero-order valence-corrected chi connectivity index (χ0v) is 14.6. The van der Waals surface area contributed by atoms with Crippen molar-refractivity contribution in [3.05, 3.63) is 29.8 Å². The SMILES string of the molecule is Cc1ccc(N2CCCC(NC(=O)NC3(CO)CCCC3)C2)cc1. The second-order valence-electron chi connectivity index (χ2n) is 7.36. The number of benzene rings is 1. The fourth-order valence-electron chi connectivity index (χ4n) is 3.92. The Morgan fingerprint density at radius 2 is 1.96 bits per heavy atom. The molecule has 3 rings (SSSR count). The van der Waals surface area contributed by atoms with Gasteiger partial charge in [0.1, 0.15) is 0 Å². The van der Waals surface area contributed by atoms with Crippen molar-refractivity contribution in [3.8, 4) is 0 Å². The minimum absolute atomic E-state index is 0.0284. The maximum absolute atomic E-state index is 12.4. The third-order valence-corrected chi connectivity index (χ3v) is 5.40. The van der Waals surface area contributed by atoms with Crippen LogP contribution in [0.3, 0.4) is 0 Å². The summed E-state index contributed by atoms with van der Waals surface area (Å²) in [7, 11) is 0. The Kier molecular flexibility index (Phi) is 5.29. The van der Waals surface area contributed by atoms with E-state index in [4.69, 9.17) is 0 Å². The molecule has 2 aliphatic rings. The van der Waals surface area contributed by atoms with Crippen LogP contribution < -0.4 is 15.5 Å². The van der Waals surface area contributed by atoms with Gasteiger partial charge in [-0.25, -0.2) is 4.79 Å². The van der Waals surface area contributed by atoms with Gasteiger partial charge in [0.05, 0.1) is 12.1 Å². The molecule has 1 saturated heterocycles. The average Bonchev–Trinajstić information content (AvgIpc) is 3.04. The van der Waals surface area contributed by atoms with Crippen molar-refractivity contribution in [3.63, 3.8) is 0 Å². The van der Waals surface area contributed by atoms with E-state index in [0.29, 0.717) is 0 Å². The Balaban J connectivity index is 1.55. The topological polar surface area (TPSA) is 64.6 Å². The number of nitrogens with zero attached hydrogens (tertiary/aromatic N) is 1. The van der Waals surface area contributed by atoms with Crippen molar-refractivity contribution >= 4 is 11.7 Å². The lowest BCUT2D eigenvalue weighted by atomic mass is 9.99. The maximum atomic E-state index is 12.4. The van der Waals surface area contributed by atoms with E-state index in [1.165, 1.54) is 11.3 Å². The standard InChI is InChI=1S/C19H29N3O2/c1-15-6-8-17(9-7-15)22-12-4-5-16(13-22)20-18(24)21-19(14-23)10-2-3-11-19/h6-9,16,23H,2-5,10-14H2,1H3,(H2,20,21,24). The van der Waals surface area contributed by atoms with Crippen LogP contribution in [0, 0.1) is 6.92 Å². The molecule has 1 aromatic carbocycles. The lowest BCUT2D eigenvalue weighted by molar-refractivity contribution is 0.161. The van der Waals surface area contributed by atoms with Crippen molar-refractivity contribution in [2.24, 2.45) is 0 Å². The van der Waals surface area contributed by atoms with Crippen LogP contribution in [-0.2, 0) is 0 Å². The number of aliphatic hydroxyl groups is 1. The monoisotopic (exact) mass is 331 g/mol. The van der Waals surface area contributed by atoms with Gasteiger partial charge in [-0.15, -0.1) is 0 Å². The van der Waals surface area contributed by atoms with Gasteiger partial charge in [-0.2, -0.15) is 0 Å². The van der Waals surface area contributed by atoms with Crippen LogP contribution in [0.2, 0.25) is 0 Å². The zero-order chi connectivity index (χ0) is 17.0. The Morgan fingerprint density at radius 3 is 2.62 bits per heavy atom. The van der Waals surface area contributed by atoms with Gasteiger partial charge in [-0.3, -0.25) is 0 Å². The number of hydrogen-bond acceptors (Lipinski definition) is 3. The largest absolute Gasteiger partial charge is 0.394 e. The molecule has 1 aromatic rings. The number of rotatable bonds is 4. The molecule has 0 radical (unpaired) electrons. The van der Waals surface area contributed by atoms with Crippen molar-refractivity contribution in [1.29, 1.82) is 0 Å². The summed E-state index contributed by atoms with van der Waals surface area (Å²) >= 11 is 0. The number of nitrogens with one attached hydrogen (secondary N) is 2. The molecule has 2 amide bonds. The summed E-state index contributed by atoms with van der Waals surface area (Å²) in [6, 6.07) is 8.57. The summed E-state index contributed by atoms with van der Waals surface area (Å²) in [6.45, 7) is 3.99. The highest BCUT2D eigenvalue weighted by atomic mass is 16.3. The van der Waals surface area contributed by atoms with E-state index >= 15 is 0 Å². The third kappa shape index (κ3) is 4.01. The second kappa shape index (κ2) is 7.43. The number of aryl methyl sites for hydroxylation is 1. The summed E-state index contributed by atoms with van der Waals surface area (Å²) < 4.78 is 0. The smallest absolute Gasteiger partial charge is 0.315 e. The molecule has 1 aliphatic carbocycles. The molecule has 1 atom stereocenters. The van der Waals surface area contributed by atoms with Crippen molar-refractivity contribution in [2.45, 2.75) is 57.0 Å². The van der Waals surface area contributed by atoms with Crippen LogP contribution in [-0.4, -0.2) is 42.4 Å². The average molecular weight is 331 g/mol. The number of anilines is 1. The van der Waals surface area contributed by atoms with Gasteiger partial charge in [0.2, 0.25) is 0 Å². The van der Waals surface area contributed by atoms with E-state index in [-0.39, 0.29) is 18.7 Å². The molecule has 1 saturated carbocycles. The number of carbonyl (C=O) groups excluding carboxylic acids is 1. The molecule has 1 unspecified atom stereocenters. The summed E-state index contributed by atoms with van der Waals surface area (Å²) in [5, 5.41) is 15.8. The maximum Gasteiger partial charge on any atom is 0.315 e. The van der Waals surface area contributed by atoms with Crippen molar-refractivity contribution in [2.75, 3.05) is 24.6 Å². The molecule has 3 N–H and O–H groups in total. The molecule has 0 bridgehead atoms. The number of urea groups is 1. The molecular formula is C19H29N3O2. The lowest BCUT2D eigenvalue weighted by Crippen LogP contribution is -2.57. The Bertz CT molecular complexity index is 552. The fourth-order valence-corrected chi connectivity index (χ4v) is 3.92. The number of amides is 2. The van der Waals surface area contributed by atoms with E-state index in [1.807, 2.05) is 0 Å². The first-order valence-corrected chi connectivity index (χ1v) is 9.11. The van der Waals surface area contributed by atoms with Gasteiger partial charge in [-0.1, -0.05) is 30.5 Å². The number of hydrogen-bond donors (Lipinski definition) is 3. The van der Waals surface area contributed by atoms with Crippen LogP contribution in [0.25, 0.3) is 0 Å². The highest BCUT2D eigenvalue weighted by molar-refractivity contribution is 5.75. The second-order valence-corrected chi connectivity index (χ2v) is 7.36. The summed E-state index contributed by atoms with van der Waals surface area (Å²) in [6.07, 6.45) is 5.97. The summed E-state index contributed by atoms with van der Waals surface area (Å²) in [4.78, 5) is 14.7. The number of piperidine rings is 1. The van der Waals surface area contributed by atoms with Gasteiger partial charge in [0, 0.05) is 24.8 Å². The molecule has 24 heavy (non-hydrogen) atoms. The van der Waals surface area contributed by atoms with E-state index in [0.717, 1.165) is 51.6 Å². The Labute approximate surface area is 144 Å². The molecule has 132 valence electrons. The van der Waals surface area contributed by atoms with Gasteiger partial charge in [0.25, 0.3) is 0 Å². The zero-order valence-electron chi connectivity index (χ0n) is 14.6. The fraction of sp³-hybridized carbons (Fsp3) is 0.632. The molecule has 1 aliphatic heterocycles. The van der Waals surface area contributed by atoms with E-state index < -0.39 is 5.54 Å². The van der Waals surface area contributed by atoms with E-state index in [9.17, 15) is 9.90 Å². The molecular weight excluding hydrogens is 302 g/mol. The molecule has 5 nitrogen and oxygen atoms in total. The van der Waals surface area contributed by atoms with Crippen molar-refractivity contribution in [1.82, 2.24) is 10.6 Å². The van der Waals surface area contributed by atoms with Gasteiger partial charge in [0.15, 0.2) is 0 Å². The molecule has 1 heterocycles. The van der Waals surface area contributed by atoms with E-state index in [2.05, 4.69) is 46.7 Å². The number of carbonyl (C=O) groups is 1. The van der Waals surface area contributed by atoms with Crippen LogP contribution in [0.15, 0.2) is 24.3 Å². The normalized spacial score (nSPS) is 23.1. The van der Waals surface area contributed by atoms with Crippen LogP contribution >= 0.6 is 0 Å². The first kappa shape index (κ1) is 17.1. The first-order valence-electron chi connectivity index (χ1n) is 9.11. The summed E-state index contributed by atoms with van der Waals surface area (Å²) in [5.74, 6) is 0. The molecule has 0 spiro atoms. The van der Waals surface area contributed by atoms with Gasteiger partial charge in [-0.05, 0) is 44.7 Å².